The molecular formula is C17H15ClN2O. The third kappa shape index (κ3) is 3.85. The molecule has 1 amide bonds. The van der Waals surface area contributed by atoms with E-state index in [0.29, 0.717) is 16.3 Å². The Morgan fingerprint density at radius 3 is 2.76 bits per heavy atom. The highest BCUT2D eigenvalue weighted by Gasteiger charge is 2.09. The summed E-state index contributed by atoms with van der Waals surface area (Å²) >= 11 is 6.03. The molecule has 0 saturated carbocycles. The molecule has 0 radical (unpaired) electrons. The van der Waals surface area contributed by atoms with Crippen molar-refractivity contribution in [3.63, 3.8) is 0 Å². The number of anilines is 1. The van der Waals surface area contributed by atoms with Gasteiger partial charge in [0.2, 0.25) is 0 Å². The van der Waals surface area contributed by atoms with Crippen LogP contribution in [-0.4, -0.2) is 12.5 Å². The molecular weight excluding hydrogens is 284 g/mol. The Morgan fingerprint density at radius 1 is 1.29 bits per heavy atom. The van der Waals surface area contributed by atoms with E-state index < -0.39 is 0 Å². The Balaban J connectivity index is 2.26. The van der Waals surface area contributed by atoms with Gasteiger partial charge in [0.15, 0.2) is 0 Å². The number of aryl methyl sites for hydroxylation is 1. The maximum atomic E-state index is 12.3. The monoisotopic (exact) mass is 298 g/mol. The number of nitrogens with one attached hydrogen (secondary N) is 1. The number of nitrogens with two attached hydrogens (primary N) is 1. The van der Waals surface area contributed by atoms with E-state index in [9.17, 15) is 4.79 Å². The van der Waals surface area contributed by atoms with Crippen molar-refractivity contribution < 1.29 is 4.79 Å². The van der Waals surface area contributed by atoms with Gasteiger partial charge >= 0.3 is 0 Å². The molecule has 0 fully saturated rings. The zero-order valence-electron chi connectivity index (χ0n) is 11.6. The van der Waals surface area contributed by atoms with Gasteiger partial charge in [0.25, 0.3) is 5.91 Å². The van der Waals surface area contributed by atoms with E-state index in [2.05, 4.69) is 17.2 Å². The number of benzene rings is 2. The summed E-state index contributed by atoms with van der Waals surface area (Å²) in [5, 5.41) is 3.29. The highest BCUT2D eigenvalue weighted by molar-refractivity contribution is 6.33. The lowest BCUT2D eigenvalue weighted by molar-refractivity contribution is 0.102. The number of halogens is 1. The van der Waals surface area contributed by atoms with Crippen molar-refractivity contribution in [2.45, 2.75) is 6.92 Å². The van der Waals surface area contributed by atoms with Crippen molar-refractivity contribution in [1.82, 2.24) is 0 Å². The lowest BCUT2D eigenvalue weighted by Crippen LogP contribution is -2.12. The van der Waals surface area contributed by atoms with Gasteiger partial charge in [0.05, 0.1) is 17.3 Å². The van der Waals surface area contributed by atoms with Crippen molar-refractivity contribution in [3.8, 4) is 11.8 Å². The summed E-state index contributed by atoms with van der Waals surface area (Å²) in [7, 11) is 0. The fourth-order valence-electron chi connectivity index (χ4n) is 1.80. The molecule has 3 N–H and O–H groups in total. The summed E-state index contributed by atoms with van der Waals surface area (Å²) in [6.45, 7) is 2.23. The molecule has 0 spiro atoms. The summed E-state index contributed by atoms with van der Waals surface area (Å²) in [5.41, 5.74) is 8.29. The van der Waals surface area contributed by atoms with Crippen LogP contribution in [0.2, 0.25) is 5.02 Å². The molecule has 0 bridgehead atoms. The molecule has 0 aliphatic heterocycles. The molecule has 0 unspecified atom stereocenters. The summed E-state index contributed by atoms with van der Waals surface area (Å²) in [6.07, 6.45) is 0. The summed E-state index contributed by atoms with van der Waals surface area (Å²) in [4.78, 5) is 12.3. The first kappa shape index (κ1) is 15.1. The van der Waals surface area contributed by atoms with Crippen LogP contribution in [0.3, 0.4) is 0 Å². The molecule has 2 aromatic rings. The zero-order valence-corrected chi connectivity index (χ0v) is 12.4. The third-order valence-corrected chi connectivity index (χ3v) is 3.28. The Kier molecular flexibility index (Phi) is 4.99. The van der Waals surface area contributed by atoms with Gasteiger partial charge in [-0.3, -0.25) is 4.79 Å². The number of amides is 1. The Morgan fingerprint density at radius 2 is 2.05 bits per heavy atom. The third-order valence-electron chi connectivity index (χ3n) is 2.95. The maximum Gasteiger partial charge on any atom is 0.255 e. The molecule has 0 aliphatic rings. The molecule has 4 heteroatoms. The number of rotatable bonds is 2. The van der Waals surface area contributed by atoms with Crippen LogP contribution in [0.25, 0.3) is 0 Å². The normalized spacial score (nSPS) is 9.67. The number of hydrogen-bond acceptors (Lipinski definition) is 2. The van der Waals surface area contributed by atoms with Crippen molar-refractivity contribution in [1.29, 1.82) is 0 Å². The second-order valence-electron chi connectivity index (χ2n) is 4.47. The fraction of sp³-hybridized carbons (Fsp3) is 0.118. The van der Waals surface area contributed by atoms with Crippen LogP contribution in [0, 0.1) is 18.8 Å². The molecule has 0 atom stereocenters. The minimum Gasteiger partial charge on any atom is -0.321 e. The number of carbonyl (C=O) groups is 1. The van der Waals surface area contributed by atoms with Crippen LogP contribution < -0.4 is 11.1 Å². The minimum absolute atomic E-state index is 0.223. The Labute approximate surface area is 129 Å². The minimum atomic E-state index is -0.223. The lowest BCUT2D eigenvalue weighted by atomic mass is 10.0. The first-order valence-corrected chi connectivity index (χ1v) is 6.85. The quantitative estimate of drug-likeness (QED) is 0.837. The molecule has 0 aliphatic carbocycles. The van der Waals surface area contributed by atoms with E-state index in [1.807, 2.05) is 25.1 Å². The van der Waals surface area contributed by atoms with Gasteiger partial charge in [-0.2, -0.15) is 0 Å². The van der Waals surface area contributed by atoms with Crippen LogP contribution in [-0.2, 0) is 0 Å². The van der Waals surface area contributed by atoms with Crippen molar-refractivity contribution in [3.05, 3.63) is 64.2 Å². The van der Waals surface area contributed by atoms with Gasteiger partial charge in [-0.1, -0.05) is 41.6 Å². The first-order valence-electron chi connectivity index (χ1n) is 6.47. The van der Waals surface area contributed by atoms with Crippen LogP contribution in [0.4, 0.5) is 5.69 Å². The van der Waals surface area contributed by atoms with Gasteiger partial charge < -0.3 is 11.1 Å². The molecule has 2 rings (SSSR count). The smallest absolute Gasteiger partial charge is 0.255 e. The van der Waals surface area contributed by atoms with E-state index >= 15 is 0 Å². The molecule has 2 aromatic carbocycles. The molecule has 21 heavy (non-hydrogen) atoms. The van der Waals surface area contributed by atoms with Crippen molar-refractivity contribution in [2.75, 3.05) is 11.9 Å². The maximum absolute atomic E-state index is 12.3. The number of hydrogen-bond donors (Lipinski definition) is 2. The van der Waals surface area contributed by atoms with Crippen LogP contribution in [0.15, 0.2) is 42.5 Å². The van der Waals surface area contributed by atoms with Crippen LogP contribution in [0.1, 0.15) is 21.5 Å². The highest BCUT2D eigenvalue weighted by Crippen LogP contribution is 2.21. The zero-order chi connectivity index (χ0) is 15.2. The average molecular weight is 299 g/mol. The first-order chi connectivity index (χ1) is 10.1. The molecule has 106 valence electrons. The predicted octanol–water partition coefficient (Wildman–Crippen LogP) is 3.21. The summed E-state index contributed by atoms with van der Waals surface area (Å²) in [5.74, 6) is 5.53. The van der Waals surface area contributed by atoms with Crippen LogP contribution in [0.5, 0.6) is 0 Å². The second-order valence-corrected chi connectivity index (χ2v) is 4.88. The van der Waals surface area contributed by atoms with E-state index in [0.717, 1.165) is 11.1 Å². The van der Waals surface area contributed by atoms with Crippen molar-refractivity contribution in [2.24, 2.45) is 5.73 Å². The molecule has 3 nitrogen and oxygen atoms in total. The molecule has 0 saturated heterocycles. The predicted molar refractivity (Wildman–Crippen MR) is 86.5 cm³/mol. The van der Waals surface area contributed by atoms with Crippen molar-refractivity contribution >= 4 is 23.2 Å². The highest BCUT2D eigenvalue weighted by atomic mass is 35.5. The van der Waals surface area contributed by atoms with Gasteiger partial charge in [0.1, 0.15) is 0 Å². The largest absolute Gasteiger partial charge is 0.321 e. The average Bonchev–Trinajstić information content (AvgIpc) is 2.48. The van der Waals surface area contributed by atoms with E-state index in [1.165, 1.54) is 0 Å². The van der Waals surface area contributed by atoms with Gasteiger partial charge in [-0.05, 0) is 36.8 Å². The summed E-state index contributed by atoms with van der Waals surface area (Å²) in [6, 6.07) is 12.5. The van der Waals surface area contributed by atoms with Gasteiger partial charge in [0, 0.05) is 11.1 Å². The molecule has 0 heterocycles. The van der Waals surface area contributed by atoms with Crippen LogP contribution >= 0.6 is 11.6 Å². The van der Waals surface area contributed by atoms with E-state index in [-0.39, 0.29) is 12.5 Å². The van der Waals surface area contributed by atoms with E-state index in [1.54, 1.807) is 24.3 Å². The number of carbonyl (C=O) groups excluding carboxylic acids is 1. The van der Waals surface area contributed by atoms with Gasteiger partial charge in [-0.25, -0.2) is 0 Å². The fourth-order valence-corrected chi connectivity index (χ4v) is 1.98. The SMILES string of the molecule is Cc1ccc(C(=O)Nc2ccccc2Cl)cc1C#CCN. The summed E-state index contributed by atoms with van der Waals surface area (Å²) < 4.78 is 0. The van der Waals surface area contributed by atoms with Gasteiger partial charge in [-0.15, -0.1) is 0 Å². The second kappa shape index (κ2) is 6.94. The Hall–Kier alpha value is -2.28. The van der Waals surface area contributed by atoms with E-state index in [4.69, 9.17) is 17.3 Å². The topological polar surface area (TPSA) is 55.1 Å². The Bertz CT molecular complexity index is 729. The standard InChI is InChI=1S/C17H15ClN2O/c1-12-8-9-14(11-13(12)5-4-10-19)17(21)20-16-7-3-2-6-15(16)18/h2-3,6-9,11H,10,19H2,1H3,(H,20,21). The number of para-hydroxylation sites is 1. The molecule has 0 aromatic heterocycles. The lowest BCUT2D eigenvalue weighted by Gasteiger charge is -2.08.